The summed E-state index contributed by atoms with van der Waals surface area (Å²) in [4.78, 5) is 15.5. The first-order valence-electron chi connectivity index (χ1n) is 5.12. The van der Waals surface area contributed by atoms with Gasteiger partial charge in [-0.3, -0.25) is 0 Å². The average Bonchev–Trinajstić information content (AvgIpc) is 2.39. The third-order valence-electron chi connectivity index (χ3n) is 2.36. The van der Waals surface area contributed by atoms with E-state index in [9.17, 15) is 9.18 Å². The van der Waals surface area contributed by atoms with Gasteiger partial charge in [0.25, 0.3) is 0 Å². The molecule has 0 aliphatic carbocycles. The Morgan fingerprint density at radius 1 is 1.22 bits per heavy atom. The van der Waals surface area contributed by atoms with Crippen LogP contribution < -0.4 is 0 Å². The van der Waals surface area contributed by atoms with E-state index in [1.54, 1.807) is 18.2 Å². The number of esters is 1. The van der Waals surface area contributed by atoms with E-state index in [1.165, 1.54) is 25.3 Å². The van der Waals surface area contributed by atoms with Crippen molar-refractivity contribution in [2.45, 2.75) is 0 Å². The van der Waals surface area contributed by atoms with Gasteiger partial charge in [-0.25, -0.2) is 14.2 Å². The van der Waals surface area contributed by atoms with Crippen LogP contribution in [-0.2, 0) is 4.74 Å². The fourth-order valence-corrected chi connectivity index (χ4v) is 1.68. The van der Waals surface area contributed by atoms with Crippen molar-refractivity contribution in [1.29, 1.82) is 0 Å². The zero-order chi connectivity index (χ0) is 13.1. The van der Waals surface area contributed by atoms with E-state index >= 15 is 0 Å². The van der Waals surface area contributed by atoms with Crippen molar-refractivity contribution in [1.82, 2.24) is 4.98 Å². The van der Waals surface area contributed by atoms with E-state index in [0.29, 0.717) is 16.3 Å². The number of ether oxygens (including phenoxy) is 1. The van der Waals surface area contributed by atoms with Gasteiger partial charge in [0.15, 0.2) is 0 Å². The lowest BCUT2D eigenvalue weighted by atomic mass is 10.1. The standard InChI is InChI=1S/C13H9ClFNO2/c1-18-13(17)11-7-6-10(14)12(16-11)8-2-4-9(15)5-3-8/h2-7H,1H3. The molecule has 0 saturated carbocycles. The van der Waals surface area contributed by atoms with Crippen LogP contribution in [0.3, 0.4) is 0 Å². The van der Waals surface area contributed by atoms with Gasteiger partial charge in [0.2, 0.25) is 0 Å². The maximum atomic E-state index is 12.8. The second-order valence-electron chi connectivity index (χ2n) is 3.53. The predicted octanol–water partition coefficient (Wildman–Crippen LogP) is 3.33. The van der Waals surface area contributed by atoms with Crippen LogP contribution in [0.15, 0.2) is 36.4 Å². The summed E-state index contributed by atoms with van der Waals surface area (Å²) >= 11 is 6.01. The molecular weight excluding hydrogens is 257 g/mol. The summed E-state index contributed by atoms with van der Waals surface area (Å²) in [5.41, 5.74) is 1.20. The van der Waals surface area contributed by atoms with Crippen LogP contribution in [0.25, 0.3) is 11.3 Å². The van der Waals surface area contributed by atoms with Gasteiger partial charge < -0.3 is 4.74 Å². The van der Waals surface area contributed by atoms with Crippen LogP contribution in [0.4, 0.5) is 4.39 Å². The Morgan fingerprint density at radius 2 is 1.89 bits per heavy atom. The first-order chi connectivity index (χ1) is 8.61. The Kier molecular flexibility index (Phi) is 3.58. The van der Waals surface area contributed by atoms with Gasteiger partial charge in [0.05, 0.1) is 17.8 Å². The number of hydrogen-bond donors (Lipinski definition) is 0. The molecule has 18 heavy (non-hydrogen) atoms. The van der Waals surface area contributed by atoms with Crippen LogP contribution in [0, 0.1) is 5.82 Å². The molecule has 92 valence electrons. The number of carbonyl (C=O) groups is 1. The molecule has 1 aromatic heterocycles. The molecule has 0 fully saturated rings. The minimum Gasteiger partial charge on any atom is -0.464 e. The summed E-state index contributed by atoms with van der Waals surface area (Å²) in [5.74, 6) is -0.894. The minimum absolute atomic E-state index is 0.154. The smallest absolute Gasteiger partial charge is 0.356 e. The Morgan fingerprint density at radius 3 is 2.50 bits per heavy atom. The summed E-state index contributed by atoms with van der Waals surface area (Å²) in [5, 5.41) is 0.384. The molecule has 1 aromatic carbocycles. The van der Waals surface area contributed by atoms with E-state index in [-0.39, 0.29) is 11.5 Å². The van der Waals surface area contributed by atoms with E-state index in [0.717, 1.165) is 0 Å². The highest BCUT2D eigenvalue weighted by Gasteiger charge is 2.12. The second-order valence-corrected chi connectivity index (χ2v) is 3.93. The highest BCUT2D eigenvalue weighted by molar-refractivity contribution is 6.33. The van der Waals surface area contributed by atoms with Crippen LogP contribution in [0.1, 0.15) is 10.5 Å². The molecule has 0 radical (unpaired) electrons. The first-order valence-corrected chi connectivity index (χ1v) is 5.50. The van der Waals surface area contributed by atoms with Gasteiger partial charge in [0, 0.05) is 5.56 Å². The van der Waals surface area contributed by atoms with E-state index in [2.05, 4.69) is 9.72 Å². The fraction of sp³-hybridized carbons (Fsp3) is 0.0769. The van der Waals surface area contributed by atoms with Crippen molar-refractivity contribution in [3.8, 4) is 11.3 Å². The molecule has 0 spiro atoms. The second kappa shape index (κ2) is 5.14. The Labute approximate surface area is 108 Å². The zero-order valence-corrected chi connectivity index (χ0v) is 10.2. The SMILES string of the molecule is COC(=O)c1ccc(Cl)c(-c2ccc(F)cc2)n1. The van der Waals surface area contributed by atoms with Gasteiger partial charge in [-0.15, -0.1) is 0 Å². The number of benzene rings is 1. The summed E-state index contributed by atoms with van der Waals surface area (Å²) in [7, 11) is 1.27. The summed E-state index contributed by atoms with van der Waals surface area (Å²) in [6, 6.07) is 8.73. The van der Waals surface area contributed by atoms with Crippen LogP contribution >= 0.6 is 11.6 Å². The third-order valence-corrected chi connectivity index (χ3v) is 2.66. The highest BCUT2D eigenvalue weighted by atomic mass is 35.5. The molecular formula is C13H9ClFNO2. The molecule has 1 heterocycles. The van der Waals surface area contributed by atoms with E-state index in [1.807, 2.05) is 0 Å². The van der Waals surface area contributed by atoms with Crippen molar-refractivity contribution in [2.24, 2.45) is 0 Å². The molecule has 0 unspecified atom stereocenters. The largest absolute Gasteiger partial charge is 0.464 e. The van der Waals surface area contributed by atoms with Gasteiger partial charge in [-0.05, 0) is 36.4 Å². The number of pyridine rings is 1. The first kappa shape index (κ1) is 12.5. The van der Waals surface area contributed by atoms with Gasteiger partial charge in [-0.2, -0.15) is 0 Å². The average molecular weight is 266 g/mol. The number of halogens is 2. The zero-order valence-electron chi connectivity index (χ0n) is 9.48. The molecule has 0 atom stereocenters. The highest BCUT2D eigenvalue weighted by Crippen LogP contribution is 2.26. The van der Waals surface area contributed by atoms with Crippen molar-refractivity contribution < 1.29 is 13.9 Å². The Hall–Kier alpha value is -1.94. The fourth-order valence-electron chi connectivity index (χ4n) is 1.47. The monoisotopic (exact) mass is 265 g/mol. The van der Waals surface area contributed by atoms with Crippen LogP contribution in [0.5, 0.6) is 0 Å². The van der Waals surface area contributed by atoms with Crippen molar-refractivity contribution in [2.75, 3.05) is 7.11 Å². The predicted molar refractivity (Wildman–Crippen MR) is 66.0 cm³/mol. The molecule has 0 bridgehead atoms. The normalized spacial score (nSPS) is 10.2. The quantitative estimate of drug-likeness (QED) is 0.782. The lowest BCUT2D eigenvalue weighted by Gasteiger charge is -2.05. The van der Waals surface area contributed by atoms with Crippen molar-refractivity contribution in [3.63, 3.8) is 0 Å². The molecule has 2 rings (SSSR count). The molecule has 0 aliphatic heterocycles. The minimum atomic E-state index is -0.546. The van der Waals surface area contributed by atoms with E-state index < -0.39 is 5.97 Å². The van der Waals surface area contributed by atoms with Crippen molar-refractivity contribution in [3.05, 3.63) is 52.9 Å². The molecule has 0 N–H and O–H groups in total. The molecule has 2 aromatic rings. The lowest BCUT2D eigenvalue weighted by Crippen LogP contribution is -2.04. The summed E-state index contributed by atoms with van der Waals surface area (Å²) in [6.07, 6.45) is 0. The molecule has 0 aliphatic rings. The summed E-state index contributed by atoms with van der Waals surface area (Å²) < 4.78 is 17.4. The number of methoxy groups -OCH3 is 1. The van der Waals surface area contributed by atoms with Gasteiger partial charge >= 0.3 is 5.97 Å². The Balaban J connectivity index is 2.49. The molecule has 0 amide bonds. The third kappa shape index (κ3) is 2.49. The Bertz CT molecular complexity index is 584. The number of carbonyl (C=O) groups excluding carboxylic acids is 1. The van der Waals surface area contributed by atoms with Gasteiger partial charge in [0.1, 0.15) is 11.5 Å². The number of rotatable bonds is 2. The maximum absolute atomic E-state index is 12.8. The lowest BCUT2D eigenvalue weighted by molar-refractivity contribution is 0.0594. The van der Waals surface area contributed by atoms with Crippen LogP contribution in [0.2, 0.25) is 5.02 Å². The summed E-state index contributed by atoms with van der Waals surface area (Å²) in [6.45, 7) is 0. The topological polar surface area (TPSA) is 39.2 Å². The molecule has 0 saturated heterocycles. The van der Waals surface area contributed by atoms with E-state index in [4.69, 9.17) is 11.6 Å². The number of hydrogen-bond acceptors (Lipinski definition) is 3. The number of aromatic nitrogens is 1. The molecule has 3 nitrogen and oxygen atoms in total. The number of nitrogens with zero attached hydrogens (tertiary/aromatic N) is 1. The molecule has 5 heteroatoms. The van der Waals surface area contributed by atoms with Crippen LogP contribution in [-0.4, -0.2) is 18.1 Å². The maximum Gasteiger partial charge on any atom is 0.356 e. The van der Waals surface area contributed by atoms with Gasteiger partial charge in [-0.1, -0.05) is 11.6 Å². The van der Waals surface area contributed by atoms with Crippen molar-refractivity contribution >= 4 is 17.6 Å².